The molecule has 0 radical (unpaired) electrons. The summed E-state index contributed by atoms with van der Waals surface area (Å²) in [6.07, 6.45) is -16.9. The lowest BCUT2D eigenvalue weighted by molar-refractivity contribution is -0.332. The third kappa shape index (κ3) is 30.1. The lowest BCUT2D eigenvalue weighted by Gasteiger charge is -2.49. The van der Waals surface area contributed by atoms with Crippen molar-refractivity contribution in [3.05, 3.63) is 0 Å². The van der Waals surface area contributed by atoms with Crippen LogP contribution in [0.3, 0.4) is 0 Å². The Bertz CT molecular complexity index is 2910. The van der Waals surface area contributed by atoms with Gasteiger partial charge in [-0.15, -0.1) is 0 Å². The van der Waals surface area contributed by atoms with Crippen molar-refractivity contribution in [2.24, 2.45) is 29.6 Å². The number of likely N-dealkylation sites (tertiary alicyclic amines) is 1. The number of amides is 7. The van der Waals surface area contributed by atoms with Crippen molar-refractivity contribution in [2.45, 2.75) is 292 Å². The van der Waals surface area contributed by atoms with E-state index in [1.807, 2.05) is 13.8 Å². The number of aliphatic hydroxyl groups excluding tert-OH is 9. The van der Waals surface area contributed by atoms with E-state index < -0.39 is 203 Å². The molecule has 0 spiro atoms. The van der Waals surface area contributed by atoms with Gasteiger partial charge in [-0.05, 0) is 83.0 Å². The average molecular weight is 1670 g/mol. The summed E-state index contributed by atoms with van der Waals surface area (Å²) in [6.45, 7) is 10.2. The zero-order valence-corrected chi connectivity index (χ0v) is 68.3. The highest BCUT2D eigenvalue weighted by Gasteiger charge is 2.55. The first-order valence-corrected chi connectivity index (χ1v) is 42.1. The summed E-state index contributed by atoms with van der Waals surface area (Å²) >= 11 is 0. The van der Waals surface area contributed by atoms with Crippen LogP contribution in [0.4, 0.5) is 0 Å². The molecule has 15 N–H and O–H groups in total. The van der Waals surface area contributed by atoms with Gasteiger partial charge in [0.05, 0.1) is 134 Å². The molecule has 0 aromatic heterocycles. The lowest BCUT2D eigenvalue weighted by atomic mass is 9.75. The summed E-state index contributed by atoms with van der Waals surface area (Å²) < 4.78 is 92.2. The molecule has 5 heterocycles. The molecule has 38 heteroatoms. The van der Waals surface area contributed by atoms with Crippen molar-refractivity contribution in [3.63, 3.8) is 0 Å². The lowest BCUT2D eigenvalue weighted by Crippen LogP contribution is -2.68. The van der Waals surface area contributed by atoms with Crippen LogP contribution in [0.25, 0.3) is 0 Å². The highest BCUT2D eigenvalue weighted by Crippen LogP contribution is 2.43. The number of rotatable bonds is 46. The summed E-state index contributed by atoms with van der Waals surface area (Å²) in [5.41, 5.74) is 0. The molecule has 668 valence electrons. The Balaban J connectivity index is 0.862. The molecule has 3 saturated carbocycles. The summed E-state index contributed by atoms with van der Waals surface area (Å²) in [6, 6.07) is -2.43. The molecule has 8 fully saturated rings. The Morgan fingerprint density at radius 2 is 0.931 bits per heavy atom. The second kappa shape index (κ2) is 50.7. The zero-order chi connectivity index (χ0) is 83.8. The molecule has 38 nitrogen and oxygen atoms in total. The zero-order valence-electron chi connectivity index (χ0n) is 68.3. The fourth-order valence-electron chi connectivity index (χ4n) is 16.6. The first kappa shape index (κ1) is 96.8. The van der Waals surface area contributed by atoms with Crippen molar-refractivity contribution < 1.29 is 151 Å². The molecule has 7 amide bonds. The Hall–Kier alpha value is -4.67. The van der Waals surface area contributed by atoms with E-state index in [4.69, 9.17) is 71.1 Å². The first-order valence-electron chi connectivity index (χ1n) is 42.1. The van der Waals surface area contributed by atoms with Gasteiger partial charge < -0.3 is 154 Å². The maximum Gasteiger partial charge on any atom is 0.251 e. The Morgan fingerprint density at radius 1 is 0.448 bits per heavy atom. The Labute approximate surface area is 679 Å². The largest absolute Gasteiger partial charge is 0.394 e. The number of nitrogens with zero attached hydrogens (tertiary/aromatic N) is 1. The van der Waals surface area contributed by atoms with E-state index in [2.05, 4.69) is 31.9 Å². The SMILES string of the molecule is CC[C@H]1C[C@@H](C(=O)NCCOCCNC(C)=O)C[C@@H](O[C@@H]2O[C@H](CO)[C@H](O)[C@H](O[C@@H](CC3CCCCC3)C(=O)N3CCCCC3)[C@H]2NC(=O)COCCOCCOCCOCC(=O)N[C@@H]2C[C@@H](O)[C@@H](CO)O[C@H]2OC2C[C@H](C(=O)NCCOCCNC(C)=O)C[C@H](CC)[C@H]2O[C@@H]2O[C@@H](C)[C@@H](O)[C@@H](O)[C@@H]2O)[C@@H]1O[C@@H]1O[C@@H](C)[C@@H](O)C[C@@H]1O. The second-order valence-corrected chi connectivity index (χ2v) is 31.8. The van der Waals surface area contributed by atoms with Crippen LogP contribution in [0, 0.1) is 29.6 Å². The van der Waals surface area contributed by atoms with E-state index >= 15 is 0 Å². The van der Waals surface area contributed by atoms with E-state index in [9.17, 15) is 79.5 Å². The van der Waals surface area contributed by atoms with Gasteiger partial charge in [-0.3, -0.25) is 33.6 Å². The van der Waals surface area contributed by atoms with Gasteiger partial charge in [0, 0.05) is 77.8 Å². The average Bonchev–Trinajstić information content (AvgIpc) is 0.781. The van der Waals surface area contributed by atoms with Crippen molar-refractivity contribution in [3.8, 4) is 0 Å². The monoisotopic (exact) mass is 1670 g/mol. The summed E-state index contributed by atoms with van der Waals surface area (Å²) in [7, 11) is 0. The van der Waals surface area contributed by atoms with Crippen LogP contribution in [0.1, 0.15) is 151 Å². The predicted molar refractivity (Wildman–Crippen MR) is 406 cm³/mol. The summed E-state index contributed by atoms with van der Waals surface area (Å²) in [5, 5.41) is 116. The van der Waals surface area contributed by atoms with Crippen LogP contribution in [0.15, 0.2) is 0 Å². The van der Waals surface area contributed by atoms with E-state index in [1.165, 1.54) is 20.8 Å². The van der Waals surface area contributed by atoms with Crippen LogP contribution >= 0.6 is 0 Å². The molecule has 0 bridgehead atoms. The van der Waals surface area contributed by atoms with Gasteiger partial charge in [-0.1, -0.05) is 58.8 Å². The van der Waals surface area contributed by atoms with Crippen molar-refractivity contribution in [2.75, 3.05) is 132 Å². The van der Waals surface area contributed by atoms with Gasteiger partial charge in [0.25, 0.3) is 5.91 Å². The first-order chi connectivity index (χ1) is 55.8. The molecule has 1 unspecified atom stereocenters. The molecule has 5 aliphatic heterocycles. The van der Waals surface area contributed by atoms with Crippen LogP contribution < -0.4 is 31.9 Å². The van der Waals surface area contributed by atoms with Gasteiger partial charge in [-0.2, -0.15) is 0 Å². The van der Waals surface area contributed by atoms with Crippen molar-refractivity contribution >= 4 is 41.4 Å². The fourth-order valence-corrected chi connectivity index (χ4v) is 16.6. The molecule has 8 rings (SSSR count). The minimum absolute atomic E-state index is 0.00781. The van der Waals surface area contributed by atoms with Crippen LogP contribution in [0.5, 0.6) is 0 Å². The fraction of sp³-hybridized carbons (Fsp3) is 0.910. The normalized spacial score (nSPS) is 34.9. The summed E-state index contributed by atoms with van der Waals surface area (Å²) in [5.74, 6) is -4.67. The minimum atomic E-state index is -1.67. The number of hydrogen-bond acceptors (Lipinski definition) is 31. The smallest absolute Gasteiger partial charge is 0.251 e. The van der Waals surface area contributed by atoms with Crippen molar-refractivity contribution in [1.82, 2.24) is 36.8 Å². The van der Waals surface area contributed by atoms with Gasteiger partial charge >= 0.3 is 0 Å². The van der Waals surface area contributed by atoms with Crippen LogP contribution in [-0.4, -0.2) is 365 Å². The standard InChI is InChI=1S/C78H135N7O31/c1-7-49-34-52(73(100)82-20-26-103-24-18-80-47(6)89)37-58(69(49)115-76-56(92)39-54(90)44(3)108-76)112-77-64(71(66(96)61(41-87)114-77)110-59(33-48-15-11-9-12-16-48)74(101)85-21-13-10-14-22-85)84-63(94)43-107-32-30-105-28-27-104-29-31-106-42-62(93)83-53-38-55(91)60(40-86)113-75(53)111-57-36-51(72(99)81-19-25-102-23-17-79-46(5)88)35-50(8-2)70(57)116-78-68(98)67(97)65(95)45(4)109-78/h44-45,48-61,64-71,75-78,86-87,90-92,95-98H,7-43H2,1-6H3,(H,79,88)(H,80,89)(H,81,99)(H,82,100)(H,83,93)(H,84,94)/t44-,45-,49-,50-,51+,52+,53+,54-,55+,56-,57?,58+,59-,60+,61+,64+,65+,66-,67+,68-,69+,70+,71+,75+,76-,77+,78-/m0/s1. The van der Waals surface area contributed by atoms with E-state index in [0.717, 1.165) is 51.4 Å². The minimum Gasteiger partial charge on any atom is -0.394 e. The van der Waals surface area contributed by atoms with Gasteiger partial charge in [0.2, 0.25) is 35.4 Å². The van der Waals surface area contributed by atoms with Gasteiger partial charge in [0.1, 0.15) is 74.2 Å². The predicted octanol–water partition coefficient (Wildman–Crippen LogP) is -3.06. The molecule has 5 saturated heterocycles. The molecule has 0 aromatic rings. The topological polar surface area (TPSA) is 515 Å². The number of carbonyl (C=O) groups is 7. The van der Waals surface area contributed by atoms with Gasteiger partial charge in [-0.25, -0.2) is 0 Å². The third-order valence-electron chi connectivity index (χ3n) is 23.1. The number of carbonyl (C=O) groups excluding carboxylic acids is 7. The van der Waals surface area contributed by atoms with E-state index in [1.54, 1.807) is 11.8 Å². The highest BCUT2D eigenvalue weighted by atomic mass is 16.7. The highest BCUT2D eigenvalue weighted by molar-refractivity contribution is 5.82. The Kier molecular flexibility index (Phi) is 42.3. The number of ether oxygens (including phenoxy) is 15. The van der Waals surface area contributed by atoms with Crippen LogP contribution in [-0.2, 0) is 105 Å². The molecule has 116 heavy (non-hydrogen) atoms. The maximum atomic E-state index is 14.8. The molecule has 27 atom stereocenters. The van der Waals surface area contributed by atoms with E-state index in [0.29, 0.717) is 58.3 Å². The number of piperidine rings is 1. The quantitative estimate of drug-likeness (QED) is 0.0269. The number of hydrogen-bond donors (Lipinski definition) is 15. The third-order valence-corrected chi connectivity index (χ3v) is 23.1. The van der Waals surface area contributed by atoms with E-state index in [-0.39, 0.29) is 140 Å². The summed E-state index contributed by atoms with van der Waals surface area (Å²) in [4.78, 5) is 95.1. The number of nitrogens with one attached hydrogen (secondary N) is 6. The molecule has 8 aliphatic rings. The van der Waals surface area contributed by atoms with Gasteiger partial charge in [0.15, 0.2) is 25.2 Å². The van der Waals surface area contributed by atoms with Crippen LogP contribution in [0.2, 0.25) is 0 Å². The molecule has 0 aromatic carbocycles. The maximum absolute atomic E-state index is 14.8. The molecular formula is C78H135N7O31. The van der Waals surface area contributed by atoms with Crippen molar-refractivity contribution in [1.29, 1.82) is 0 Å². The molecule has 3 aliphatic carbocycles. The molecular weight excluding hydrogens is 1530 g/mol. The Morgan fingerprint density at radius 3 is 1.47 bits per heavy atom. The second-order valence-electron chi connectivity index (χ2n) is 31.8. The number of aliphatic hydroxyl groups is 9.